The van der Waals surface area contributed by atoms with Crippen LogP contribution in [-0.4, -0.2) is 98.3 Å². The number of amides is 6. The first-order valence-corrected chi connectivity index (χ1v) is 27.8. The van der Waals surface area contributed by atoms with Gasteiger partial charge in [0.05, 0.1) is 25.9 Å². The zero-order valence-corrected chi connectivity index (χ0v) is 45.9. The molecule has 0 fully saturated rings. The molecule has 73 heavy (non-hydrogen) atoms. The number of nitrogens with zero attached hydrogens (tertiary/aromatic N) is 2. The molecule has 2 aliphatic rings. The van der Waals surface area contributed by atoms with E-state index in [-0.39, 0.29) is 77.5 Å². The molecular weight excluding hydrogens is 1020 g/mol. The van der Waals surface area contributed by atoms with Crippen LogP contribution in [0.4, 0.5) is 0 Å². The number of hydrogen-bond donors (Lipinski definition) is 7. The molecule has 0 radical (unpaired) electrons. The Morgan fingerprint density at radius 1 is 0.699 bits per heavy atom. The molecule has 6 amide bonds. The third-order valence-electron chi connectivity index (χ3n) is 10.8. The van der Waals surface area contributed by atoms with E-state index in [1.54, 1.807) is 76.6 Å². The normalized spacial score (nSPS) is 21.2. The van der Waals surface area contributed by atoms with Gasteiger partial charge in [-0.3, -0.25) is 33.6 Å². The molecule has 2 aliphatic heterocycles. The highest BCUT2D eigenvalue weighted by molar-refractivity contribution is 8.13. The third-order valence-corrected chi connectivity index (χ3v) is 13.7. The largest absolute Gasteiger partial charge is 0.456 e. The van der Waals surface area contributed by atoms with Crippen LogP contribution in [0.5, 0.6) is 0 Å². The lowest BCUT2D eigenvalue weighted by Crippen LogP contribution is -2.48. The highest BCUT2D eigenvalue weighted by Crippen LogP contribution is 2.17. The molecule has 4 atom stereocenters. The lowest BCUT2D eigenvalue weighted by Gasteiger charge is -2.24. The minimum Gasteiger partial charge on any atom is -0.456 e. The molecule has 2 aromatic rings. The Bertz CT molecular complexity index is 2340. The molecule has 4 bridgehead atoms. The minimum absolute atomic E-state index is 0.00591. The van der Waals surface area contributed by atoms with Crippen LogP contribution in [0.25, 0.3) is 0 Å². The summed E-state index contributed by atoms with van der Waals surface area (Å²) in [5, 5.41) is 20.1. The van der Waals surface area contributed by atoms with Crippen molar-refractivity contribution in [3.63, 3.8) is 0 Å². The summed E-state index contributed by atoms with van der Waals surface area (Å²) in [6, 6.07) is -1.99. The van der Waals surface area contributed by atoms with Gasteiger partial charge in [0.1, 0.15) is 57.1 Å². The molecule has 0 aromatic carbocycles. The quantitative estimate of drug-likeness (QED) is 0.0347. The van der Waals surface area contributed by atoms with E-state index in [4.69, 9.17) is 9.47 Å². The van der Waals surface area contributed by atoms with E-state index in [1.807, 2.05) is 0 Å². The SMILES string of the molecule is C/C=C1\NC(=O)c2csc(n2)CNC(=O)C[C@@H](/C=C/CCS)OC(=O)[C@H](C(C)C)NC1=O.C/C=C1\NC(=O)c2csc(n2)CNC(=O)C[C@@H](/C=C/CCSC(=O)CCCCCCC)OC(=O)[C@H](C(C)C)NC1=O. The first-order chi connectivity index (χ1) is 34.9. The molecule has 0 spiro atoms. The monoisotopic (exact) mass is 1090 g/mol. The number of nitrogens with one attached hydrogen (secondary N) is 6. The number of cyclic esters (lactones) is 2. The average Bonchev–Trinajstić information content (AvgIpc) is 4.04. The van der Waals surface area contributed by atoms with Crippen molar-refractivity contribution in [2.45, 2.75) is 150 Å². The maximum absolute atomic E-state index is 13.1. The van der Waals surface area contributed by atoms with Crippen molar-refractivity contribution in [3.8, 4) is 0 Å². The molecule has 6 N–H and O–H groups in total. The molecule has 4 rings (SSSR count). The van der Waals surface area contributed by atoms with Crippen LogP contribution in [0.15, 0.2) is 58.6 Å². The minimum atomic E-state index is -1.02. The molecule has 2 aromatic heterocycles. The van der Waals surface area contributed by atoms with Crippen LogP contribution in [-0.2, 0) is 56.1 Å². The van der Waals surface area contributed by atoms with Gasteiger partial charge in [0.2, 0.25) is 11.8 Å². The van der Waals surface area contributed by atoms with Crippen LogP contribution >= 0.6 is 47.1 Å². The number of carbonyl (C=O) groups excluding carboxylic acids is 9. The second kappa shape index (κ2) is 33.2. The Kier molecular flexibility index (Phi) is 28.1. The number of aromatic nitrogens is 2. The summed E-state index contributed by atoms with van der Waals surface area (Å²) in [5.41, 5.74) is 0.222. The van der Waals surface area contributed by atoms with Crippen LogP contribution in [0.3, 0.4) is 0 Å². The molecule has 0 unspecified atom stereocenters. The van der Waals surface area contributed by atoms with E-state index in [0.29, 0.717) is 40.8 Å². The number of rotatable bonds is 15. The number of ether oxygens (including phenoxy) is 2. The number of esters is 2. The number of allylic oxidation sites excluding steroid dienone is 4. The summed E-state index contributed by atoms with van der Waals surface area (Å²) in [6.45, 7) is 12.6. The second-order valence-electron chi connectivity index (χ2n) is 17.4. The molecule has 0 saturated heterocycles. The Morgan fingerprint density at radius 2 is 1.15 bits per heavy atom. The topological polar surface area (TPSA) is 270 Å². The van der Waals surface area contributed by atoms with Gasteiger partial charge in [-0.1, -0.05) is 96.4 Å². The van der Waals surface area contributed by atoms with Crippen LogP contribution in [0.1, 0.15) is 144 Å². The van der Waals surface area contributed by atoms with E-state index in [1.165, 1.54) is 59.4 Å². The van der Waals surface area contributed by atoms with E-state index >= 15 is 0 Å². The molecule has 0 saturated carbocycles. The second-order valence-corrected chi connectivity index (χ2v) is 20.9. The van der Waals surface area contributed by atoms with Crippen LogP contribution in [0, 0.1) is 11.8 Å². The number of hydrogen-bond acceptors (Lipinski definition) is 17. The predicted octanol–water partition coefficient (Wildman–Crippen LogP) is 6.14. The molecular formula is C50H70N8O11S4. The number of unbranched alkanes of at least 4 members (excludes halogenated alkanes) is 4. The van der Waals surface area contributed by atoms with Crippen molar-refractivity contribution in [1.29, 1.82) is 0 Å². The highest BCUT2D eigenvalue weighted by Gasteiger charge is 2.32. The molecule has 0 aliphatic carbocycles. The summed E-state index contributed by atoms with van der Waals surface area (Å²) in [6.07, 6.45) is 15.1. The summed E-state index contributed by atoms with van der Waals surface area (Å²) in [4.78, 5) is 122. The Morgan fingerprint density at radius 3 is 1.58 bits per heavy atom. The number of thiazole rings is 2. The first kappa shape index (κ1) is 61.6. The van der Waals surface area contributed by atoms with Crippen LogP contribution < -0.4 is 31.9 Å². The first-order valence-electron chi connectivity index (χ1n) is 24.4. The van der Waals surface area contributed by atoms with Gasteiger partial charge in [0.25, 0.3) is 23.6 Å². The van der Waals surface area contributed by atoms with Gasteiger partial charge in [0, 0.05) is 22.9 Å². The smallest absolute Gasteiger partial charge is 0.329 e. The zero-order chi connectivity index (χ0) is 53.9. The van der Waals surface area contributed by atoms with Crippen molar-refractivity contribution in [2.75, 3.05) is 11.5 Å². The van der Waals surface area contributed by atoms with E-state index in [9.17, 15) is 43.2 Å². The van der Waals surface area contributed by atoms with E-state index in [2.05, 4.69) is 61.4 Å². The fraction of sp³-hybridized carbons (Fsp3) is 0.540. The van der Waals surface area contributed by atoms with Crippen molar-refractivity contribution in [1.82, 2.24) is 41.9 Å². The van der Waals surface area contributed by atoms with Gasteiger partial charge in [-0.25, -0.2) is 19.6 Å². The van der Waals surface area contributed by atoms with Gasteiger partial charge >= 0.3 is 11.9 Å². The van der Waals surface area contributed by atoms with E-state index in [0.717, 1.165) is 19.3 Å². The van der Waals surface area contributed by atoms with Crippen molar-refractivity contribution in [2.24, 2.45) is 11.8 Å². The Hall–Kier alpha value is -5.65. The Balaban J connectivity index is 0.000000397. The number of fused-ring (bicyclic) bond motifs is 4. The lowest BCUT2D eigenvalue weighted by atomic mass is 10.0. The standard InChI is InChI=1S/C29H42N4O6S2.C21H28N4O5S2/c1-5-7-8-9-10-14-25(35)40-15-12-11-13-20-16-23(34)30-17-24-31-22(18-41-24)28(37)32-21(6-2)27(36)33-26(19(3)4)29(38)39-20;1-4-14-19(27)25-18(12(2)3)21(29)30-13(7-5-6-8-31)9-16(26)22-10-17-23-15(11-32-17)20(28)24-14/h6,11,13,18-20,26H,5,7-10,12,14-17H2,1-4H3,(H,30,34)(H,32,37)(H,33,36);4-5,7,11-13,18,31H,6,8-10H2,1-3H3,(H,22,26)(H,24,28)(H,25,27)/b13-11+,21-6-;7-5+,14-4-/t20-,26+;13-,18+/m11/s1. The van der Waals surface area contributed by atoms with E-state index < -0.39 is 59.9 Å². The fourth-order valence-corrected chi connectivity index (χ4v) is 9.02. The number of thioether (sulfide) groups is 1. The summed E-state index contributed by atoms with van der Waals surface area (Å²) in [5.74, 6) is -3.90. The zero-order valence-electron chi connectivity index (χ0n) is 42.5. The summed E-state index contributed by atoms with van der Waals surface area (Å²) < 4.78 is 11.2. The third kappa shape index (κ3) is 22.6. The molecule has 19 nitrogen and oxygen atoms in total. The predicted molar refractivity (Wildman–Crippen MR) is 285 cm³/mol. The summed E-state index contributed by atoms with van der Waals surface area (Å²) >= 11 is 7.85. The fourth-order valence-electron chi connectivity index (χ4n) is 6.68. The van der Waals surface area contributed by atoms with Gasteiger partial charge in [0.15, 0.2) is 5.12 Å². The van der Waals surface area contributed by atoms with Gasteiger partial charge in [-0.05, 0) is 62.9 Å². The summed E-state index contributed by atoms with van der Waals surface area (Å²) in [7, 11) is 0. The van der Waals surface area contributed by atoms with Gasteiger partial charge in [-0.2, -0.15) is 12.6 Å². The van der Waals surface area contributed by atoms with Crippen LogP contribution in [0.2, 0.25) is 0 Å². The number of carbonyl (C=O) groups is 9. The van der Waals surface area contributed by atoms with Crippen molar-refractivity contribution in [3.05, 3.63) is 80.0 Å². The maximum Gasteiger partial charge on any atom is 0.329 e. The average molecular weight is 1090 g/mol. The van der Waals surface area contributed by atoms with Crippen molar-refractivity contribution < 1.29 is 52.6 Å². The molecule has 4 heterocycles. The number of thiol groups is 1. The lowest BCUT2D eigenvalue weighted by molar-refractivity contribution is -0.153. The Labute approximate surface area is 445 Å². The molecule has 23 heteroatoms. The van der Waals surface area contributed by atoms with Crippen molar-refractivity contribution >= 4 is 99.6 Å². The maximum atomic E-state index is 13.1. The van der Waals surface area contributed by atoms with Gasteiger partial charge in [-0.15, -0.1) is 22.7 Å². The highest BCUT2D eigenvalue weighted by atomic mass is 32.2. The van der Waals surface area contributed by atoms with Gasteiger partial charge < -0.3 is 41.4 Å². The molecule has 400 valence electrons.